The molecule has 0 aliphatic rings. The Kier molecular flexibility index (Phi) is 16.3. The molecule has 0 unspecified atom stereocenters. The zero-order chi connectivity index (χ0) is 82.2. The van der Waals surface area contributed by atoms with Crippen molar-refractivity contribution >= 4 is 164 Å². The largest absolute Gasteiger partial charge is 0.456 e. The van der Waals surface area contributed by atoms with Crippen molar-refractivity contribution in [2.75, 3.05) is 0 Å². The molecule has 0 amide bonds. The van der Waals surface area contributed by atoms with Gasteiger partial charge in [0.05, 0.1) is 17.1 Å². The first-order valence-corrected chi connectivity index (χ1v) is 41.8. The van der Waals surface area contributed by atoms with Crippen molar-refractivity contribution in [1.82, 2.24) is 45.0 Å². The number of fused-ring (bicyclic) bond motifs is 21. The molecule has 0 atom stereocenters. The van der Waals surface area contributed by atoms with E-state index in [9.17, 15) is 0 Å². The van der Waals surface area contributed by atoms with Crippen molar-refractivity contribution in [1.29, 1.82) is 0 Å². The first kappa shape index (κ1) is 70.8. The monoisotopic (exact) mass is 1600 g/mol. The highest BCUT2D eigenvalue weighted by Crippen LogP contribution is 2.48. The van der Waals surface area contributed by atoms with Crippen LogP contribution in [-0.2, 0) is 0 Å². The van der Waals surface area contributed by atoms with Gasteiger partial charge in [-0.2, -0.15) is 14.4 Å². The molecular formula is C112H67N9O4. The molecule has 125 heavy (non-hydrogen) atoms. The minimum atomic E-state index is 0.799. The molecule has 0 saturated heterocycles. The maximum absolute atomic E-state index is 6.54. The molecule has 7 heterocycles. The summed E-state index contributed by atoms with van der Waals surface area (Å²) in [4.78, 5) is 5.15. The van der Waals surface area contributed by atoms with Crippen LogP contribution in [0.1, 0.15) is 0 Å². The van der Waals surface area contributed by atoms with Gasteiger partial charge >= 0.3 is 0 Å². The second-order valence-electron chi connectivity index (χ2n) is 31.7. The van der Waals surface area contributed by atoms with Crippen LogP contribution in [-0.4, -0.2) is 45.0 Å². The maximum Gasteiger partial charge on any atom is 0.143 e. The summed E-state index contributed by atoms with van der Waals surface area (Å²) in [6.45, 7) is 0. The van der Waals surface area contributed by atoms with Crippen LogP contribution in [0.3, 0.4) is 0 Å². The van der Waals surface area contributed by atoms with Gasteiger partial charge in [-0.3, -0.25) is 0 Å². The summed E-state index contributed by atoms with van der Waals surface area (Å²) >= 11 is 0. The van der Waals surface area contributed by atoms with Gasteiger partial charge in [0.25, 0.3) is 0 Å². The topological polar surface area (TPSA) is 145 Å². The molecule has 584 valence electrons. The Morgan fingerprint density at radius 3 is 1.21 bits per heavy atom. The lowest BCUT2D eigenvalue weighted by Crippen LogP contribution is -1.98. The van der Waals surface area contributed by atoms with Crippen LogP contribution in [0.25, 0.3) is 248 Å². The van der Waals surface area contributed by atoms with Crippen molar-refractivity contribution < 1.29 is 17.7 Å². The zero-order valence-electron chi connectivity index (χ0n) is 66.8. The molecule has 0 aliphatic heterocycles. The van der Waals surface area contributed by atoms with Gasteiger partial charge in [0, 0.05) is 70.7 Å². The molecule has 27 aromatic rings. The minimum absolute atomic E-state index is 0.799. The fraction of sp³-hybridized carbons (Fsp3) is 0. The van der Waals surface area contributed by atoms with E-state index in [-0.39, 0.29) is 0 Å². The molecule has 7 aromatic heterocycles. The Morgan fingerprint density at radius 1 is 0.176 bits per heavy atom. The highest BCUT2D eigenvalue weighted by molar-refractivity contribution is 6.28. The van der Waals surface area contributed by atoms with E-state index in [1.165, 1.54) is 54.6 Å². The number of para-hydroxylation sites is 7. The Bertz CT molecular complexity index is 9010. The lowest BCUT2D eigenvalue weighted by Gasteiger charge is -2.12. The lowest BCUT2D eigenvalue weighted by molar-refractivity contribution is 0.669. The summed E-state index contributed by atoms with van der Waals surface area (Å²) in [5.41, 5.74) is 28.2. The number of hydrogen-bond acceptors (Lipinski definition) is 10. The van der Waals surface area contributed by atoms with Crippen molar-refractivity contribution in [2.45, 2.75) is 0 Å². The molecule has 0 N–H and O–H groups in total. The standard InChI is InChI=1S/C44H27N3O.C40H23N3O2.C28H17N3O/c1-2-8-28(9-3-1)35-10-4-5-11-36(35)29-18-22-34(23-19-29)47-45-39-24-20-33(27-40(39)46-47)32-17-15-30-14-16-31-21-25-42-44(43(31)38(30)26-32)37-12-6-7-13-41(37)48-42;1-2-12-26(13-3-1)43-41-33-22-25(37-27-14-5-4-11-24(27)23-36-38(37)31-16-7-9-20-35(31)44-36)21-32(39(33)42-43)30-18-10-17-29-28-15-6-8-19-34(28)45-40(29)30;1-2-9-20(10-3-1)31-29-23-15-14-19(16-24(23)30-31)27-21-11-5-4-8-18(21)17-26-28(27)22-12-6-7-13-25(22)32-26/h1-27H;1-23H;1-17H. The fourth-order valence-electron chi connectivity index (χ4n) is 18.6. The highest BCUT2D eigenvalue weighted by Gasteiger charge is 2.25. The smallest absolute Gasteiger partial charge is 0.143 e. The third-order valence-electron chi connectivity index (χ3n) is 24.4. The Hall–Kier alpha value is -17.2. The first-order chi connectivity index (χ1) is 61.9. The van der Waals surface area contributed by atoms with E-state index in [0.717, 1.165) is 193 Å². The van der Waals surface area contributed by atoms with Crippen LogP contribution >= 0.6 is 0 Å². The van der Waals surface area contributed by atoms with Crippen LogP contribution in [0.4, 0.5) is 0 Å². The number of rotatable bonds is 9. The number of benzene rings is 20. The first-order valence-electron chi connectivity index (χ1n) is 41.8. The maximum atomic E-state index is 6.54. The molecule has 0 bridgehead atoms. The van der Waals surface area contributed by atoms with E-state index in [0.29, 0.717) is 0 Å². The van der Waals surface area contributed by atoms with E-state index in [2.05, 4.69) is 296 Å². The average Bonchev–Trinajstić information content (AvgIpc) is 1.61. The SMILES string of the molecule is c1ccc(-c2ccccc2-c2ccc(-n3nc4ccc(-c5ccc6ccc7ccc8oc9ccccc9c8c7c6c5)cc4n3)cc2)cc1.c1ccc(-n2nc3cc(-c4c5ccccc5cc5oc6ccccc6c45)cc(-c4cccc5c4oc4ccccc45)c3n2)cc1.c1ccc(-n2nc3ccc(-c4c5ccccc5cc5oc6ccccc6c45)cc3n2)cc1. The summed E-state index contributed by atoms with van der Waals surface area (Å²) in [6, 6.07) is 141. The van der Waals surface area contributed by atoms with Gasteiger partial charge in [0.1, 0.15) is 77.8 Å². The van der Waals surface area contributed by atoms with Gasteiger partial charge in [-0.05, 0) is 204 Å². The number of nitrogens with zero attached hydrogens (tertiary/aromatic N) is 9. The van der Waals surface area contributed by atoms with Crippen molar-refractivity contribution in [3.63, 3.8) is 0 Å². The second-order valence-corrected chi connectivity index (χ2v) is 31.7. The van der Waals surface area contributed by atoms with Crippen LogP contribution < -0.4 is 0 Å². The predicted octanol–water partition coefficient (Wildman–Crippen LogP) is 29.5. The van der Waals surface area contributed by atoms with Crippen LogP contribution in [0.5, 0.6) is 0 Å². The number of hydrogen-bond donors (Lipinski definition) is 0. The molecule has 20 aromatic carbocycles. The molecule has 0 fully saturated rings. The Morgan fingerprint density at radius 2 is 0.584 bits per heavy atom. The van der Waals surface area contributed by atoms with Crippen molar-refractivity contribution in [3.05, 3.63) is 406 Å². The van der Waals surface area contributed by atoms with Gasteiger partial charge in [-0.15, -0.1) is 30.6 Å². The number of furan rings is 4. The summed E-state index contributed by atoms with van der Waals surface area (Å²) in [6.07, 6.45) is 0. The molecule has 0 aliphatic carbocycles. The fourth-order valence-corrected chi connectivity index (χ4v) is 18.6. The average molecular weight is 1600 g/mol. The molecule has 13 heteroatoms. The minimum Gasteiger partial charge on any atom is -0.456 e. The molecule has 27 rings (SSSR count). The summed E-state index contributed by atoms with van der Waals surface area (Å²) in [7, 11) is 0. The molecule has 13 nitrogen and oxygen atoms in total. The zero-order valence-corrected chi connectivity index (χ0v) is 66.8. The third kappa shape index (κ3) is 12.0. The van der Waals surface area contributed by atoms with Gasteiger partial charge in [0.15, 0.2) is 0 Å². The van der Waals surface area contributed by atoms with E-state index < -0.39 is 0 Å². The summed E-state index contributed by atoms with van der Waals surface area (Å²) in [5, 5.41) is 47.6. The molecule has 0 spiro atoms. The van der Waals surface area contributed by atoms with Crippen molar-refractivity contribution in [3.8, 4) is 83.8 Å². The quantitative estimate of drug-likeness (QED) is 0.128. The van der Waals surface area contributed by atoms with Gasteiger partial charge in [0.2, 0.25) is 0 Å². The molecule has 0 saturated carbocycles. The van der Waals surface area contributed by atoms with Crippen LogP contribution in [0.2, 0.25) is 0 Å². The molecule has 0 radical (unpaired) electrons. The van der Waals surface area contributed by atoms with Gasteiger partial charge in [-0.1, -0.05) is 285 Å². The van der Waals surface area contributed by atoms with Crippen LogP contribution in [0, 0.1) is 0 Å². The lowest BCUT2D eigenvalue weighted by atomic mass is 9.90. The highest BCUT2D eigenvalue weighted by atomic mass is 16.3. The van der Waals surface area contributed by atoms with Gasteiger partial charge in [-0.25, -0.2) is 0 Å². The van der Waals surface area contributed by atoms with Crippen molar-refractivity contribution in [2.24, 2.45) is 0 Å². The van der Waals surface area contributed by atoms with E-state index in [4.69, 9.17) is 43.2 Å². The van der Waals surface area contributed by atoms with E-state index in [1.54, 1.807) is 14.4 Å². The van der Waals surface area contributed by atoms with Gasteiger partial charge < -0.3 is 17.7 Å². The molecular weight excluding hydrogens is 1540 g/mol. The Labute approximate surface area is 712 Å². The predicted molar refractivity (Wildman–Crippen MR) is 508 cm³/mol. The summed E-state index contributed by atoms with van der Waals surface area (Å²) < 4.78 is 25.5. The second kappa shape index (κ2) is 28.8. The van der Waals surface area contributed by atoms with Crippen LogP contribution in [0.15, 0.2) is 424 Å². The van der Waals surface area contributed by atoms with E-state index >= 15 is 0 Å². The normalized spacial score (nSPS) is 11.8. The third-order valence-corrected chi connectivity index (χ3v) is 24.4. The summed E-state index contributed by atoms with van der Waals surface area (Å²) in [5.74, 6) is 0. The Balaban J connectivity index is 0.000000105. The van der Waals surface area contributed by atoms with E-state index in [1.807, 2.05) is 115 Å². The number of aromatic nitrogens is 9.